The molecular formula is C21H20N2O5S. The molecule has 0 aliphatic carbocycles. The Morgan fingerprint density at radius 3 is 2.59 bits per heavy atom. The highest BCUT2D eigenvalue weighted by atomic mass is 32.1. The molecule has 2 heterocycles. The maximum Gasteiger partial charge on any atom is 0.275 e. The molecule has 1 amide bonds. The number of aliphatic hydroxyl groups excluding tert-OH is 2. The summed E-state index contributed by atoms with van der Waals surface area (Å²) >= 11 is 1.29. The van der Waals surface area contributed by atoms with E-state index < -0.39 is 18.3 Å². The minimum atomic E-state index is -0.734. The second kappa shape index (κ2) is 8.71. The lowest BCUT2D eigenvalue weighted by molar-refractivity contribution is -0.0226. The van der Waals surface area contributed by atoms with Gasteiger partial charge in [-0.15, -0.1) is 11.3 Å². The largest absolute Gasteiger partial charge is 0.457 e. The molecule has 29 heavy (non-hydrogen) atoms. The second-order valence-corrected chi connectivity index (χ2v) is 7.50. The zero-order chi connectivity index (χ0) is 20.2. The number of aromatic nitrogens is 1. The van der Waals surface area contributed by atoms with Crippen LogP contribution in [0.1, 0.15) is 28.0 Å². The van der Waals surface area contributed by atoms with Crippen LogP contribution in [-0.4, -0.2) is 39.9 Å². The molecule has 1 aliphatic heterocycles. The Bertz CT molecular complexity index is 961. The van der Waals surface area contributed by atoms with Gasteiger partial charge in [0.05, 0.1) is 12.7 Å². The number of amides is 1. The number of rotatable bonds is 6. The van der Waals surface area contributed by atoms with E-state index in [0.29, 0.717) is 22.9 Å². The Hall–Kier alpha value is -2.78. The molecule has 3 atom stereocenters. The van der Waals surface area contributed by atoms with Crippen molar-refractivity contribution in [1.82, 2.24) is 4.98 Å². The summed E-state index contributed by atoms with van der Waals surface area (Å²) in [6.07, 6.45) is -1.41. The molecule has 4 rings (SSSR count). The number of carbonyl (C=O) groups excluding carboxylic acids is 1. The molecule has 8 heteroatoms. The fraction of sp³-hybridized carbons (Fsp3) is 0.238. The van der Waals surface area contributed by atoms with Gasteiger partial charge in [-0.2, -0.15) is 0 Å². The maximum absolute atomic E-state index is 12.5. The average Bonchev–Trinajstić information content (AvgIpc) is 3.37. The number of nitrogens with zero attached hydrogens (tertiary/aromatic N) is 1. The summed E-state index contributed by atoms with van der Waals surface area (Å²) in [6, 6.07) is 16.5. The first-order valence-electron chi connectivity index (χ1n) is 9.16. The van der Waals surface area contributed by atoms with Gasteiger partial charge < -0.3 is 25.0 Å². The van der Waals surface area contributed by atoms with E-state index in [9.17, 15) is 15.0 Å². The molecule has 1 aromatic heterocycles. The van der Waals surface area contributed by atoms with Gasteiger partial charge >= 0.3 is 0 Å². The molecule has 1 aliphatic rings. The van der Waals surface area contributed by atoms with Crippen LogP contribution in [-0.2, 0) is 4.74 Å². The third-order valence-corrected chi connectivity index (χ3v) is 5.46. The van der Waals surface area contributed by atoms with Crippen LogP contribution < -0.4 is 10.1 Å². The molecule has 3 aromatic rings. The van der Waals surface area contributed by atoms with Crippen molar-refractivity contribution in [2.24, 2.45) is 0 Å². The number of anilines is 1. The predicted octanol–water partition coefficient (Wildman–Crippen LogP) is 3.37. The summed E-state index contributed by atoms with van der Waals surface area (Å²) in [6.45, 7) is -0.250. The van der Waals surface area contributed by atoms with Crippen LogP contribution in [0.15, 0.2) is 60.0 Å². The number of carbonyl (C=O) groups is 1. The van der Waals surface area contributed by atoms with Crippen LogP contribution >= 0.6 is 11.3 Å². The zero-order valence-electron chi connectivity index (χ0n) is 15.4. The highest BCUT2D eigenvalue weighted by Gasteiger charge is 2.36. The van der Waals surface area contributed by atoms with Crippen molar-refractivity contribution >= 4 is 22.9 Å². The van der Waals surface area contributed by atoms with Crippen molar-refractivity contribution in [2.75, 3.05) is 11.9 Å². The van der Waals surface area contributed by atoms with Crippen molar-refractivity contribution in [3.63, 3.8) is 0 Å². The monoisotopic (exact) mass is 412 g/mol. The van der Waals surface area contributed by atoms with Gasteiger partial charge in [0.2, 0.25) is 0 Å². The first-order valence-corrected chi connectivity index (χ1v) is 10.0. The molecule has 0 unspecified atom stereocenters. The van der Waals surface area contributed by atoms with Crippen LogP contribution in [0.5, 0.6) is 11.5 Å². The number of hydrogen-bond donors (Lipinski definition) is 3. The van der Waals surface area contributed by atoms with E-state index >= 15 is 0 Å². The van der Waals surface area contributed by atoms with Crippen molar-refractivity contribution in [2.45, 2.75) is 24.7 Å². The lowest BCUT2D eigenvalue weighted by Gasteiger charge is -2.10. The van der Waals surface area contributed by atoms with Gasteiger partial charge in [0.25, 0.3) is 5.91 Å². The molecule has 150 valence electrons. The Balaban J connectivity index is 1.37. The summed E-state index contributed by atoms with van der Waals surface area (Å²) in [5.41, 5.74) is 0.901. The fourth-order valence-corrected chi connectivity index (χ4v) is 3.86. The average molecular weight is 412 g/mol. The minimum Gasteiger partial charge on any atom is -0.457 e. The molecule has 0 spiro atoms. The van der Waals surface area contributed by atoms with Gasteiger partial charge in [0.15, 0.2) is 0 Å². The third-order valence-electron chi connectivity index (χ3n) is 4.52. The van der Waals surface area contributed by atoms with Crippen LogP contribution in [0, 0.1) is 0 Å². The van der Waals surface area contributed by atoms with Crippen LogP contribution in [0.2, 0.25) is 0 Å². The van der Waals surface area contributed by atoms with Crippen LogP contribution in [0.4, 0.5) is 5.69 Å². The predicted molar refractivity (Wildman–Crippen MR) is 108 cm³/mol. The summed E-state index contributed by atoms with van der Waals surface area (Å²) in [4.78, 5) is 16.8. The summed E-state index contributed by atoms with van der Waals surface area (Å²) in [5.74, 6) is 1.07. The van der Waals surface area contributed by atoms with E-state index in [4.69, 9.17) is 9.47 Å². The molecule has 2 aromatic carbocycles. The second-order valence-electron chi connectivity index (χ2n) is 6.61. The SMILES string of the molecule is O=C(Nc1ccc(Oc2ccccc2)cc1)c1csc([C@@H]2C[C@H](O)[C@@H](CO)O2)n1. The number of ether oxygens (including phenoxy) is 2. The number of nitrogens with one attached hydrogen (secondary N) is 1. The van der Waals surface area contributed by atoms with E-state index in [0.717, 1.165) is 5.75 Å². The lowest BCUT2D eigenvalue weighted by atomic mass is 10.1. The zero-order valence-corrected chi connectivity index (χ0v) is 16.2. The highest BCUT2D eigenvalue weighted by Crippen LogP contribution is 2.34. The molecule has 3 N–H and O–H groups in total. The van der Waals surface area contributed by atoms with Gasteiger partial charge in [0.1, 0.15) is 34.4 Å². The smallest absolute Gasteiger partial charge is 0.275 e. The van der Waals surface area contributed by atoms with Gasteiger partial charge in [-0.25, -0.2) is 4.98 Å². The van der Waals surface area contributed by atoms with E-state index in [1.165, 1.54) is 11.3 Å². The molecule has 0 bridgehead atoms. The third kappa shape index (κ3) is 4.63. The van der Waals surface area contributed by atoms with Gasteiger partial charge in [0, 0.05) is 17.5 Å². The van der Waals surface area contributed by atoms with E-state index in [-0.39, 0.29) is 18.2 Å². The van der Waals surface area contributed by atoms with Crippen LogP contribution in [0.25, 0.3) is 0 Å². The number of aliphatic hydroxyl groups is 2. The summed E-state index contributed by atoms with van der Waals surface area (Å²) in [7, 11) is 0. The molecule has 0 saturated carbocycles. The number of benzene rings is 2. The highest BCUT2D eigenvalue weighted by molar-refractivity contribution is 7.09. The topological polar surface area (TPSA) is 101 Å². The van der Waals surface area contributed by atoms with Crippen molar-refractivity contribution in [3.8, 4) is 11.5 Å². The number of hydrogen-bond acceptors (Lipinski definition) is 7. The molecule has 7 nitrogen and oxygen atoms in total. The summed E-state index contributed by atoms with van der Waals surface area (Å²) < 4.78 is 11.3. The van der Waals surface area contributed by atoms with Crippen molar-refractivity contribution < 1.29 is 24.5 Å². The number of para-hydroxylation sites is 1. The minimum absolute atomic E-state index is 0.250. The van der Waals surface area contributed by atoms with Crippen molar-refractivity contribution in [3.05, 3.63) is 70.7 Å². The van der Waals surface area contributed by atoms with Crippen molar-refractivity contribution in [1.29, 1.82) is 0 Å². The Labute approximate surface area is 171 Å². The standard InChI is InChI=1S/C21H20N2O5S/c24-11-19-17(25)10-18(28-19)21-23-16(12-29-21)20(26)22-13-6-8-15(9-7-13)27-14-4-2-1-3-5-14/h1-9,12,17-19,24-25H,10-11H2,(H,22,26)/t17-,18-,19+/m0/s1. The molecule has 1 saturated heterocycles. The number of thiazole rings is 1. The normalized spacial score (nSPS) is 21.1. The Morgan fingerprint density at radius 1 is 1.17 bits per heavy atom. The van der Waals surface area contributed by atoms with Gasteiger partial charge in [-0.3, -0.25) is 4.79 Å². The molecular weight excluding hydrogens is 392 g/mol. The van der Waals surface area contributed by atoms with E-state index in [2.05, 4.69) is 10.3 Å². The lowest BCUT2D eigenvalue weighted by Crippen LogP contribution is -2.24. The van der Waals surface area contributed by atoms with E-state index in [1.807, 2.05) is 30.3 Å². The first-order chi connectivity index (χ1) is 14.1. The maximum atomic E-state index is 12.5. The molecule has 0 radical (unpaired) electrons. The Morgan fingerprint density at radius 2 is 1.90 bits per heavy atom. The fourth-order valence-electron chi connectivity index (χ4n) is 3.02. The van der Waals surface area contributed by atoms with Gasteiger partial charge in [-0.1, -0.05) is 18.2 Å². The first kappa shape index (κ1) is 19.5. The molecule has 1 fully saturated rings. The van der Waals surface area contributed by atoms with Gasteiger partial charge in [-0.05, 0) is 36.4 Å². The quantitative estimate of drug-likeness (QED) is 0.574. The summed E-state index contributed by atoms with van der Waals surface area (Å²) in [5, 5.41) is 24.1. The van der Waals surface area contributed by atoms with Crippen LogP contribution in [0.3, 0.4) is 0 Å². The Kier molecular flexibility index (Phi) is 5.86. The van der Waals surface area contributed by atoms with E-state index in [1.54, 1.807) is 29.6 Å².